The Labute approximate surface area is 180 Å². The number of halogens is 1. The number of hydrogen-bond acceptors (Lipinski definition) is 1. The molecule has 0 fully saturated rings. The van der Waals surface area contributed by atoms with E-state index in [1.165, 1.54) is 0 Å². The number of urea groups is 1. The molecule has 0 radical (unpaired) electrons. The monoisotopic (exact) mass is 413 g/mol. The number of carbonyl (C=O) groups is 1. The molecule has 5 heteroatoms. The third kappa shape index (κ3) is 3.36. The number of para-hydroxylation sites is 1. The van der Waals surface area contributed by atoms with Gasteiger partial charge in [-0.3, -0.25) is 0 Å². The predicted octanol–water partition coefficient (Wildman–Crippen LogP) is 6.27. The number of fused-ring (bicyclic) bond motifs is 3. The third-order valence-corrected chi connectivity index (χ3v) is 5.69. The van der Waals surface area contributed by atoms with Gasteiger partial charge in [-0.25, -0.2) is 4.79 Å². The van der Waals surface area contributed by atoms with Crippen molar-refractivity contribution in [3.8, 4) is 5.69 Å². The van der Waals surface area contributed by atoms with Crippen LogP contribution < -0.4 is 5.32 Å². The second kappa shape index (κ2) is 7.73. The van der Waals surface area contributed by atoms with E-state index < -0.39 is 0 Å². The Bertz CT molecular complexity index is 1180. The molecule has 0 bridgehead atoms. The summed E-state index contributed by atoms with van der Waals surface area (Å²) in [5, 5.41) is 3.68. The van der Waals surface area contributed by atoms with Crippen molar-refractivity contribution in [3.05, 3.63) is 119 Å². The quantitative estimate of drug-likeness (QED) is 0.413. The fourth-order valence-electron chi connectivity index (χ4n) is 4.05. The van der Waals surface area contributed by atoms with Crippen LogP contribution in [0.2, 0.25) is 5.02 Å². The molecular formula is C25H20ClN3O. The van der Waals surface area contributed by atoms with Crippen LogP contribution in [0, 0.1) is 0 Å². The number of aromatic nitrogens is 1. The second-order valence-corrected chi connectivity index (χ2v) is 7.75. The topological polar surface area (TPSA) is 37.3 Å². The fraction of sp³-hybridized carbons (Fsp3) is 0.0800. The van der Waals surface area contributed by atoms with Crippen molar-refractivity contribution in [2.75, 3.05) is 5.32 Å². The largest absolute Gasteiger partial charge is 0.322 e. The minimum atomic E-state index is -0.221. The Morgan fingerprint density at radius 2 is 1.60 bits per heavy atom. The van der Waals surface area contributed by atoms with Gasteiger partial charge in [0.25, 0.3) is 0 Å². The van der Waals surface area contributed by atoms with Gasteiger partial charge in [-0.05, 0) is 53.6 Å². The SMILES string of the molecule is O=C(Nc1ccc(Cl)cc1)N1Cc2ccccc2-n2cccc2[C@H]1c1ccccc1. The molecule has 4 nitrogen and oxygen atoms in total. The van der Waals surface area contributed by atoms with Gasteiger partial charge in [-0.15, -0.1) is 0 Å². The molecule has 2 heterocycles. The highest BCUT2D eigenvalue weighted by Gasteiger charge is 2.32. The normalized spacial score (nSPS) is 15.1. The second-order valence-electron chi connectivity index (χ2n) is 7.31. The highest BCUT2D eigenvalue weighted by atomic mass is 35.5. The van der Waals surface area contributed by atoms with Crippen LogP contribution >= 0.6 is 11.6 Å². The van der Waals surface area contributed by atoms with Crippen LogP contribution in [0.15, 0.2) is 97.2 Å². The van der Waals surface area contributed by atoms with Gasteiger partial charge in [-0.2, -0.15) is 0 Å². The minimum Gasteiger partial charge on any atom is -0.318 e. The zero-order chi connectivity index (χ0) is 20.5. The first kappa shape index (κ1) is 18.5. The van der Waals surface area contributed by atoms with Gasteiger partial charge in [-0.1, -0.05) is 60.1 Å². The van der Waals surface area contributed by atoms with Crippen LogP contribution in [-0.2, 0) is 6.54 Å². The summed E-state index contributed by atoms with van der Waals surface area (Å²) in [7, 11) is 0. The predicted molar refractivity (Wildman–Crippen MR) is 120 cm³/mol. The first-order valence-corrected chi connectivity index (χ1v) is 10.2. The van der Waals surface area contributed by atoms with Crippen molar-refractivity contribution in [3.63, 3.8) is 0 Å². The highest BCUT2D eigenvalue weighted by molar-refractivity contribution is 6.30. The summed E-state index contributed by atoms with van der Waals surface area (Å²) < 4.78 is 2.18. The van der Waals surface area contributed by atoms with Crippen molar-refractivity contribution in [2.45, 2.75) is 12.6 Å². The maximum absolute atomic E-state index is 13.5. The Morgan fingerprint density at radius 3 is 2.40 bits per heavy atom. The number of nitrogens with one attached hydrogen (secondary N) is 1. The molecule has 148 valence electrons. The molecule has 3 aromatic carbocycles. The smallest absolute Gasteiger partial charge is 0.318 e. The van der Waals surface area contributed by atoms with Gasteiger partial charge in [0.1, 0.15) is 0 Å². The zero-order valence-electron chi connectivity index (χ0n) is 16.2. The van der Waals surface area contributed by atoms with Gasteiger partial charge in [0, 0.05) is 22.6 Å². The van der Waals surface area contributed by atoms with Crippen LogP contribution in [-0.4, -0.2) is 15.5 Å². The molecule has 0 saturated carbocycles. The lowest BCUT2D eigenvalue weighted by atomic mass is 10.0. The lowest BCUT2D eigenvalue weighted by Gasteiger charge is -2.31. The Balaban J connectivity index is 1.62. The van der Waals surface area contributed by atoms with E-state index in [9.17, 15) is 4.79 Å². The average molecular weight is 414 g/mol. The summed E-state index contributed by atoms with van der Waals surface area (Å²) in [6.45, 7) is 0.497. The van der Waals surface area contributed by atoms with Crippen LogP contribution in [0.4, 0.5) is 10.5 Å². The molecule has 4 aromatic rings. The zero-order valence-corrected chi connectivity index (χ0v) is 17.0. The van der Waals surface area contributed by atoms with Gasteiger partial charge < -0.3 is 14.8 Å². The molecule has 0 spiro atoms. The first-order chi connectivity index (χ1) is 14.7. The van der Waals surface area contributed by atoms with Crippen molar-refractivity contribution in [1.82, 2.24) is 9.47 Å². The van der Waals surface area contributed by atoms with Gasteiger partial charge >= 0.3 is 6.03 Å². The van der Waals surface area contributed by atoms with E-state index in [-0.39, 0.29) is 12.1 Å². The van der Waals surface area contributed by atoms with E-state index in [0.29, 0.717) is 17.3 Å². The van der Waals surface area contributed by atoms with E-state index in [4.69, 9.17) is 11.6 Å². The number of nitrogens with zero attached hydrogens (tertiary/aromatic N) is 2. The summed E-state index contributed by atoms with van der Waals surface area (Å²) in [6, 6.07) is 29.3. The molecule has 30 heavy (non-hydrogen) atoms. The van der Waals surface area contributed by atoms with E-state index in [2.05, 4.69) is 46.4 Å². The molecule has 1 aromatic heterocycles. The van der Waals surface area contributed by atoms with Gasteiger partial charge in [0.05, 0.1) is 18.3 Å². The molecule has 0 saturated heterocycles. The number of carbonyl (C=O) groups excluding carboxylic acids is 1. The summed E-state index contributed by atoms with van der Waals surface area (Å²) in [5.74, 6) is 0. The molecule has 1 aliphatic heterocycles. The van der Waals surface area contributed by atoms with E-state index >= 15 is 0 Å². The van der Waals surface area contributed by atoms with Crippen molar-refractivity contribution in [1.29, 1.82) is 0 Å². The Morgan fingerprint density at radius 1 is 0.867 bits per heavy atom. The van der Waals surface area contributed by atoms with Crippen molar-refractivity contribution < 1.29 is 4.79 Å². The fourth-order valence-corrected chi connectivity index (χ4v) is 4.18. The molecule has 5 rings (SSSR count). The van der Waals surface area contributed by atoms with Gasteiger partial charge in [0.2, 0.25) is 0 Å². The number of hydrogen-bond donors (Lipinski definition) is 1. The number of anilines is 1. The summed E-state index contributed by atoms with van der Waals surface area (Å²) in [5.41, 5.74) is 5.03. The van der Waals surface area contributed by atoms with Crippen LogP contribution in [0.3, 0.4) is 0 Å². The van der Waals surface area contributed by atoms with Crippen LogP contribution in [0.5, 0.6) is 0 Å². The summed E-state index contributed by atoms with van der Waals surface area (Å²) in [4.78, 5) is 15.4. The minimum absolute atomic E-state index is 0.157. The lowest BCUT2D eigenvalue weighted by molar-refractivity contribution is 0.194. The average Bonchev–Trinajstić information content (AvgIpc) is 3.20. The summed E-state index contributed by atoms with van der Waals surface area (Å²) in [6.07, 6.45) is 2.06. The summed E-state index contributed by atoms with van der Waals surface area (Å²) >= 11 is 6.00. The van der Waals surface area contributed by atoms with Crippen molar-refractivity contribution >= 4 is 23.3 Å². The maximum atomic E-state index is 13.5. The molecule has 0 unspecified atom stereocenters. The van der Waals surface area contributed by atoms with E-state index in [1.807, 2.05) is 53.4 Å². The standard InChI is InChI=1S/C25H20ClN3O/c26-20-12-14-21(15-13-20)27-25(30)29-17-19-9-4-5-10-22(19)28-16-6-11-23(28)24(29)18-7-2-1-3-8-18/h1-16,24H,17H2,(H,27,30)/t24-/m1/s1. The van der Waals surface area contributed by atoms with Gasteiger partial charge in [0.15, 0.2) is 0 Å². The molecular weight excluding hydrogens is 394 g/mol. The van der Waals surface area contributed by atoms with Crippen LogP contribution in [0.25, 0.3) is 5.69 Å². The number of amides is 2. The molecule has 1 aliphatic rings. The Hall–Kier alpha value is -3.50. The molecule has 2 amide bonds. The van der Waals surface area contributed by atoms with Crippen LogP contribution in [0.1, 0.15) is 22.9 Å². The first-order valence-electron chi connectivity index (χ1n) is 9.84. The lowest BCUT2D eigenvalue weighted by Crippen LogP contribution is -2.37. The highest BCUT2D eigenvalue weighted by Crippen LogP contribution is 2.36. The molecule has 1 N–H and O–H groups in total. The van der Waals surface area contributed by atoms with Crippen molar-refractivity contribution in [2.24, 2.45) is 0 Å². The maximum Gasteiger partial charge on any atom is 0.322 e. The third-order valence-electron chi connectivity index (χ3n) is 5.44. The Kier molecular flexibility index (Phi) is 4.77. The number of rotatable bonds is 2. The number of benzene rings is 3. The van der Waals surface area contributed by atoms with E-state index in [0.717, 1.165) is 22.5 Å². The van der Waals surface area contributed by atoms with E-state index in [1.54, 1.807) is 12.1 Å². The molecule has 1 atom stereocenters. The molecule has 0 aliphatic carbocycles.